The number of nitrogens with one attached hydrogen (secondary N) is 1. The van der Waals surface area contributed by atoms with Gasteiger partial charge in [-0.25, -0.2) is 4.98 Å². The molecule has 0 aliphatic rings. The van der Waals surface area contributed by atoms with Crippen LogP contribution in [0.1, 0.15) is 12.5 Å². The number of nitrogens with zero attached hydrogens (tertiary/aromatic N) is 1. The quantitative estimate of drug-likeness (QED) is 0.403. The lowest BCUT2D eigenvalue weighted by atomic mass is 10.3. The molecule has 1 N–H and O–H groups in total. The third-order valence-electron chi connectivity index (χ3n) is 1.41. The predicted molar refractivity (Wildman–Crippen MR) is 47.0 cm³/mol. The molecule has 1 rings (SSSR count). The van der Waals surface area contributed by atoms with Gasteiger partial charge in [0.05, 0.1) is 11.8 Å². The summed E-state index contributed by atoms with van der Waals surface area (Å²) >= 11 is 7.41. The van der Waals surface area contributed by atoms with Crippen molar-refractivity contribution in [2.45, 2.75) is 18.5 Å². The molecule has 2 nitrogen and oxygen atoms in total. The minimum atomic E-state index is 0.607. The zero-order valence-electron chi connectivity index (χ0n) is 6.52. The first-order chi connectivity index (χ1) is 5.27. The van der Waals surface area contributed by atoms with Crippen molar-refractivity contribution in [3.05, 3.63) is 16.9 Å². The molecule has 1 aromatic heterocycles. The summed E-state index contributed by atoms with van der Waals surface area (Å²) in [6, 6.07) is 0. The Morgan fingerprint density at radius 3 is 2.91 bits per heavy atom. The van der Waals surface area contributed by atoms with E-state index in [-0.39, 0.29) is 0 Å². The van der Waals surface area contributed by atoms with Gasteiger partial charge in [-0.2, -0.15) is 0 Å². The second-order valence-electron chi connectivity index (χ2n) is 2.08. The largest absolute Gasteiger partial charge is 0.358 e. The minimum absolute atomic E-state index is 0.607. The smallest absolute Gasteiger partial charge is 0.238 e. The maximum Gasteiger partial charge on any atom is 0.358 e. The zero-order chi connectivity index (χ0) is 8.27. The van der Waals surface area contributed by atoms with Crippen LogP contribution in [-0.4, -0.2) is 11.2 Å². The summed E-state index contributed by atoms with van der Waals surface area (Å²) in [5.74, 6) is 0. The summed E-state index contributed by atoms with van der Waals surface area (Å²) in [6.45, 7) is 2.05. The molecule has 0 bridgehead atoms. The van der Waals surface area contributed by atoms with Gasteiger partial charge in [-0.05, 0) is 41.0 Å². The van der Waals surface area contributed by atoms with Crippen LogP contribution in [0.15, 0.2) is 11.4 Å². The van der Waals surface area contributed by atoms with Crippen LogP contribution >= 0.6 is 23.4 Å². The fraction of sp³-hybridized carbons (Fsp3) is 0.429. The Morgan fingerprint density at radius 2 is 2.45 bits per heavy atom. The predicted octanol–water partition coefficient (Wildman–Crippen LogP) is 1.83. The van der Waals surface area contributed by atoms with Crippen LogP contribution in [0, 0.1) is 0 Å². The van der Waals surface area contributed by atoms with Gasteiger partial charge in [0.25, 0.3) is 0 Å². The van der Waals surface area contributed by atoms with Crippen LogP contribution in [0.5, 0.6) is 0 Å². The van der Waals surface area contributed by atoms with Crippen molar-refractivity contribution in [1.82, 2.24) is 4.98 Å². The SMILES string of the molecule is CCc1c[nH+]c(SC)nc1Cl. The zero-order valence-corrected chi connectivity index (χ0v) is 8.09. The minimum Gasteiger partial charge on any atom is -0.238 e. The Morgan fingerprint density at radius 1 is 1.73 bits per heavy atom. The van der Waals surface area contributed by atoms with Crippen LogP contribution < -0.4 is 4.98 Å². The molecule has 1 heterocycles. The number of H-pyrrole nitrogens is 1. The summed E-state index contributed by atoms with van der Waals surface area (Å²) < 4.78 is 0. The molecule has 0 fully saturated rings. The number of halogens is 1. The molecule has 0 aromatic carbocycles. The lowest BCUT2D eigenvalue weighted by molar-refractivity contribution is -0.434. The molecule has 0 aliphatic carbocycles. The first-order valence-corrected chi connectivity index (χ1v) is 4.99. The topological polar surface area (TPSA) is 27.0 Å². The molecule has 1 aromatic rings. The van der Waals surface area contributed by atoms with Crippen LogP contribution in [0.25, 0.3) is 0 Å². The van der Waals surface area contributed by atoms with E-state index in [9.17, 15) is 0 Å². The summed E-state index contributed by atoms with van der Waals surface area (Å²) in [5, 5.41) is 1.46. The van der Waals surface area contributed by atoms with E-state index < -0.39 is 0 Å². The van der Waals surface area contributed by atoms with E-state index in [0.717, 1.165) is 17.1 Å². The summed E-state index contributed by atoms with van der Waals surface area (Å²) in [6.07, 6.45) is 4.78. The molecular weight excluding hydrogens is 180 g/mol. The van der Waals surface area contributed by atoms with E-state index in [1.54, 1.807) is 11.8 Å². The number of rotatable bonds is 2. The van der Waals surface area contributed by atoms with Gasteiger partial charge >= 0.3 is 5.16 Å². The number of aromatic nitrogens is 2. The van der Waals surface area contributed by atoms with Crippen LogP contribution in [0.3, 0.4) is 0 Å². The lowest BCUT2D eigenvalue weighted by Gasteiger charge is -1.92. The Hall–Kier alpha value is -0.280. The highest BCUT2D eigenvalue weighted by Gasteiger charge is 2.09. The van der Waals surface area contributed by atoms with Crippen molar-refractivity contribution in [1.29, 1.82) is 0 Å². The number of aromatic amines is 1. The monoisotopic (exact) mass is 189 g/mol. The Bertz CT molecular complexity index is 252. The van der Waals surface area contributed by atoms with Gasteiger partial charge in [0.1, 0.15) is 0 Å². The van der Waals surface area contributed by atoms with Crippen LogP contribution in [-0.2, 0) is 6.42 Å². The van der Waals surface area contributed by atoms with E-state index in [4.69, 9.17) is 11.6 Å². The molecule has 11 heavy (non-hydrogen) atoms. The van der Waals surface area contributed by atoms with E-state index in [1.807, 2.05) is 12.5 Å². The highest BCUT2D eigenvalue weighted by atomic mass is 35.5. The maximum atomic E-state index is 5.86. The first-order valence-electron chi connectivity index (χ1n) is 3.39. The van der Waals surface area contributed by atoms with E-state index in [0.29, 0.717) is 5.15 Å². The molecule has 0 spiro atoms. The Labute approximate surface area is 75.4 Å². The van der Waals surface area contributed by atoms with E-state index in [1.165, 1.54) is 0 Å². The second kappa shape index (κ2) is 3.93. The Kier molecular flexibility index (Phi) is 3.15. The molecular formula is C7H10ClN2S+. The van der Waals surface area contributed by atoms with E-state index in [2.05, 4.69) is 16.9 Å². The molecule has 0 atom stereocenters. The molecule has 0 amide bonds. The Balaban J connectivity index is 2.99. The van der Waals surface area contributed by atoms with Gasteiger partial charge in [-0.1, -0.05) is 6.92 Å². The van der Waals surface area contributed by atoms with Crippen LogP contribution in [0.2, 0.25) is 5.15 Å². The van der Waals surface area contributed by atoms with Crippen molar-refractivity contribution in [2.24, 2.45) is 0 Å². The molecule has 60 valence electrons. The number of thioether (sulfide) groups is 1. The second-order valence-corrected chi connectivity index (χ2v) is 3.23. The fourth-order valence-corrected chi connectivity index (χ4v) is 1.44. The fourth-order valence-electron chi connectivity index (χ4n) is 0.754. The molecule has 0 aliphatic heterocycles. The van der Waals surface area contributed by atoms with Gasteiger partial charge in [0, 0.05) is 0 Å². The standard InChI is InChI=1S/C7H9ClN2S/c1-3-5-4-9-7(11-2)10-6(5)8/h4H,3H2,1-2H3/p+1. The molecule has 0 saturated heterocycles. The summed E-state index contributed by atoms with van der Waals surface area (Å²) in [4.78, 5) is 7.18. The van der Waals surface area contributed by atoms with Gasteiger partial charge in [-0.3, -0.25) is 0 Å². The van der Waals surface area contributed by atoms with E-state index >= 15 is 0 Å². The third kappa shape index (κ3) is 2.07. The van der Waals surface area contributed by atoms with Crippen LogP contribution in [0.4, 0.5) is 0 Å². The third-order valence-corrected chi connectivity index (χ3v) is 2.33. The van der Waals surface area contributed by atoms with Gasteiger partial charge < -0.3 is 0 Å². The summed E-state index contributed by atoms with van der Waals surface area (Å²) in [5.41, 5.74) is 1.06. The maximum absolute atomic E-state index is 5.86. The van der Waals surface area contributed by atoms with Crippen molar-refractivity contribution in [2.75, 3.05) is 6.26 Å². The highest BCUT2D eigenvalue weighted by Crippen LogP contribution is 2.13. The molecule has 4 heteroatoms. The first kappa shape index (κ1) is 8.81. The average Bonchev–Trinajstić information content (AvgIpc) is 2.04. The van der Waals surface area contributed by atoms with Crippen molar-refractivity contribution in [3.63, 3.8) is 0 Å². The van der Waals surface area contributed by atoms with Gasteiger partial charge in [0.15, 0.2) is 0 Å². The van der Waals surface area contributed by atoms with Crippen molar-refractivity contribution < 1.29 is 4.98 Å². The van der Waals surface area contributed by atoms with Gasteiger partial charge in [-0.15, -0.1) is 0 Å². The van der Waals surface area contributed by atoms with Crippen molar-refractivity contribution >= 4 is 23.4 Å². The molecule has 0 saturated carbocycles. The molecule has 0 unspecified atom stereocenters. The lowest BCUT2D eigenvalue weighted by Crippen LogP contribution is -2.09. The van der Waals surface area contributed by atoms with Crippen molar-refractivity contribution in [3.8, 4) is 0 Å². The normalized spacial score (nSPS) is 10.1. The number of hydrogen-bond donors (Lipinski definition) is 0. The summed E-state index contributed by atoms with van der Waals surface area (Å²) in [7, 11) is 0. The number of aryl methyl sites for hydroxylation is 1. The highest BCUT2D eigenvalue weighted by molar-refractivity contribution is 7.98. The average molecular weight is 190 g/mol. The van der Waals surface area contributed by atoms with Gasteiger partial charge in [0.2, 0.25) is 5.15 Å². The number of hydrogen-bond acceptors (Lipinski definition) is 2. The molecule has 0 radical (unpaired) electrons.